The predicted molar refractivity (Wildman–Crippen MR) is 149 cm³/mol. The maximum absolute atomic E-state index is 13.5. The molecule has 1 aromatic carbocycles. The zero-order chi connectivity index (χ0) is 30.2. The van der Waals surface area contributed by atoms with Crippen LogP contribution in [-0.4, -0.2) is 73.2 Å². The van der Waals surface area contributed by atoms with E-state index in [1.165, 1.54) is 25.8 Å². The Balaban J connectivity index is 1.59. The van der Waals surface area contributed by atoms with Crippen LogP contribution in [0.4, 0.5) is 0 Å². The molecule has 224 valence electrons. The van der Waals surface area contributed by atoms with Crippen molar-refractivity contribution in [2.45, 2.75) is 70.7 Å². The summed E-state index contributed by atoms with van der Waals surface area (Å²) in [5, 5.41) is 29.0. The van der Waals surface area contributed by atoms with Gasteiger partial charge in [-0.2, -0.15) is 0 Å². The van der Waals surface area contributed by atoms with Gasteiger partial charge in [0.25, 0.3) is 11.8 Å². The molecule has 14 nitrogen and oxygen atoms in total. The molecule has 5 N–H and O–H groups in total. The number of carbonyl (C=O) groups excluding carboxylic acids is 4. The third-order valence-electron chi connectivity index (χ3n) is 6.81. The number of rotatable bonds is 6. The minimum absolute atomic E-state index is 0.0809. The highest BCUT2D eigenvalue weighted by atomic mass is 16.3. The third-order valence-corrected chi connectivity index (χ3v) is 6.81. The van der Waals surface area contributed by atoms with Gasteiger partial charge in [0.05, 0.1) is 17.4 Å². The molecule has 3 heterocycles. The van der Waals surface area contributed by atoms with Gasteiger partial charge in [0.2, 0.25) is 17.7 Å². The lowest BCUT2D eigenvalue weighted by atomic mass is 10.0. The molecule has 2 bridgehead atoms. The fourth-order valence-corrected chi connectivity index (χ4v) is 4.65. The molecule has 0 aliphatic carbocycles. The summed E-state index contributed by atoms with van der Waals surface area (Å²) in [6, 6.07) is 3.71. The normalized spacial score (nSPS) is 21.3. The molecule has 42 heavy (non-hydrogen) atoms. The molecule has 0 saturated heterocycles. The van der Waals surface area contributed by atoms with Crippen LogP contribution in [0.3, 0.4) is 0 Å². The lowest BCUT2D eigenvalue weighted by Gasteiger charge is -2.27. The highest BCUT2D eigenvalue weighted by Crippen LogP contribution is 2.22. The fourth-order valence-electron chi connectivity index (χ4n) is 4.65. The number of amides is 4. The van der Waals surface area contributed by atoms with E-state index in [0.29, 0.717) is 31.5 Å². The van der Waals surface area contributed by atoms with E-state index in [1.54, 1.807) is 28.8 Å². The number of para-hydroxylation sites is 1. The molecule has 1 aliphatic rings. The number of benzene rings is 1. The van der Waals surface area contributed by atoms with E-state index in [2.05, 4.69) is 36.4 Å². The van der Waals surface area contributed by atoms with Gasteiger partial charge in [-0.3, -0.25) is 23.7 Å². The summed E-state index contributed by atoms with van der Waals surface area (Å²) in [5.41, 5.74) is 0.885. The van der Waals surface area contributed by atoms with E-state index >= 15 is 0 Å². The summed E-state index contributed by atoms with van der Waals surface area (Å²) in [5.74, 6) is -1.99. The second-order valence-corrected chi connectivity index (χ2v) is 10.7. The molecule has 4 amide bonds. The lowest BCUT2D eigenvalue weighted by molar-refractivity contribution is -0.133. The molecule has 3 aromatic rings. The Morgan fingerprint density at radius 3 is 2.55 bits per heavy atom. The SMILES string of the molecule is CC(C)C[C@@H]1NC(=O)[C@H]([C@@H](C)O)NC(=O)[C@@H](NC(=O)c2ccccc2-n2cnnc2)CCCCNC(=O)c2coc1n2. The number of carbonyl (C=O) groups is 4. The monoisotopic (exact) mass is 580 g/mol. The average molecular weight is 581 g/mol. The van der Waals surface area contributed by atoms with Gasteiger partial charge in [-0.25, -0.2) is 4.98 Å². The number of aliphatic hydroxyl groups is 1. The van der Waals surface area contributed by atoms with Crippen LogP contribution in [0.25, 0.3) is 5.69 Å². The van der Waals surface area contributed by atoms with Crippen LogP contribution in [0, 0.1) is 5.92 Å². The van der Waals surface area contributed by atoms with Crippen LogP contribution >= 0.6 is 0 Å². The number of aliphatic hydroxyl groups excluding tert-OH is 1. The summed E-state index contributed by atoms with van der Waals surface area (Å²) >= 11 is 0. The number of aromatic nitrogens is 4. The van der Waals surface area contributed by atoms with Crippen molar-refractivity contribution in [1.82, 2.24) is 41.0 Å². The van der Waals surface area contributed by atoms with Crippen molar-refractivity contribution in [3.05, 3.63) is 60.3 Å². The minimum atomic E-state index is -1.33. The van der Waals surface area contributed by atoms with Gasteiger partial charge >= 0.3 is 0 Å². The molecular formula is C28H36N8O6. The van der Waals surface area contributed by atoms with Crippen molar-refractivity contribution in [2.24, 2.45) is 5.92 Å². The number of nitrogens with one attached hydrogen (secondary N) is 4. The molecular weight excluding hydrogens is 544 g/mol. The number of hydrogen-bond donors (Lipinski definition) is 5. The first-order valence-electron chi connectivity index (χ1n) is 13.9. The Bertz CT molecular complexity index is 1390. The first-order chi connectivity index (χ1) is 20.1. The summed E-state index contributed by atoms with van der Waals surface area (Å²) < 4.78 is 7.11. The van der Waals surface area contributed by atoms with Gasteiger partial charge in [0.15, 0.2) is 5.69 Å². The van der Waals surface area contributed by atoms with Gasteiger partial charge in [0.1, 0.15) is 37.0 Å². The predicted octanol–water partition coefficient (Wildman–Crippen LogP) is 1.04. The highest BCUT2D eigenvalue weighted by molar-refractivity contribution is 6.01. The minimum Gasteiger partial charge on any atom is -0.446 e. The lowest BCUT2D eigenvalue weighted by Crippen LogP contribution is -2.57. The second kappa shape index (κ2) is 13.9. The number of nitrogens with zero attached hydrogens (tertiary/aromatic N) is 4. The Morgan fingerprint density at radius 2 is 1.83 bits per heavy atom. The van der Waals surface area contributed by atoms with Crippen molar-refractivity contribution in [1.29, 1.82) is 0 Å². The van der Waals surface area contributed by atoms with Crippen molar-refractivity contribution in [3.63, 3.8) is 0 Å². The van der Waals surface area contributed by atoms with Crippen molar-refractivity contribution in [2.75, 3.05) is 6.54 Å². The highest BCUT2D eigenvalue weighted by Gasteiger charge is 2.33. The van der Waals surface area contributed by atoms with E-state index in [1.807, 2.05) is 13.8 Å². The Hall–Kier alpha value is -4.59. The Kier molecular flexibility index (Phi) is 10.0. The zero-order valence-corrected chi connectivity index (χ0v) is 23.7. The van der Waals surface area contributed by atoms with E-state index in [9.17, 15) is 24.3 Å². The van der Waals surface area contributed by atoms with Gasteiger partial charge in [-0.15, -0.1) is 10.2 Å². The first kappa shape index (κ1) is 30.4. The molecule has 2 aromatic heterocycles. The van der Waals surface area contributed by atoms with E-state index in [0.717, 1.165) is 0 Å². The van der Waals surface area contributed by atoms with Crippen LogP contribution in [0.15, 0.2) is 47.6 Å². The van der Waals surface area contributed by atoms with Crippen LogP contribution in [0.1, 0.15) is 79.2 Å². The van der Waals surface area contributed by atoms with Gasteiger partial charge in [-0.1, -0.05) is 26.0 Å². The zero-order valence-electron chi connectivity index (χ0n) is 23.7. The molecule has 1 aliphatic heterocycles. The Labute approximate surface area is 242 Å². The van der Waals surface area contributed by atoms with Crippen LogP contribution < -0.4 is 21.3 Å². The smallest absolute Gasteiger partial charge is 0.273 e. The topological polar surface area (TPSA) is 193 Å². The molecule has 0 radical (unpaired) electrons. The number of fused-ring (bicyclic) bond motifs is 2. The van der Waals surface area contributed by atoms with E-state index in [4.69, 9.17) is 4.42 Å². The molecule has 4 atom stereocenters. The van der Waals surface area contributed by atoms with E-state index < -0.39 is 47.9 Å². The number of oxazole rings is 1. The quantitative estimate of drug-likeness (QED) is 0.283. The summed E-state index contributed by atoms with van der Waals surface area (Å²) in [7, 11) is 0. The van der Waals surface area contributed by atoms with Gasteiger partial charge in [-0.05, 0) is 50.7 Å². The van der Waals surface area contributed by atoms with Gasteiger partial charge in [0, 0.05) is 6.54 Å². The van der Waals surface area contributed by atoms with E-state index in [-0.39, 0.29) is 29.5 Å². The molecule has 0 unspecified atom stereocenters. The van der Waals surface area contributed by atoms with Crippen LogP contribution in [0.2, 0.25) is 0 Å². The summed E-state index contributed by atoms with van der Waals surface area (Å²) in [4.78, 5) is 57.2. The second-order valence-electron chi connectivity index (χ2n) is 10.7. The van der Waals surface area contributed by atoms with Crippen LogP contribution in [-0.2, 0) is 9.59 Å². The molecule has 0 saturated carbocycles. The Morgan fingerprint density at radius 1 is 1.10 bits per heavy atom. The molecule has 4 rings (SSSR count). The maximum atomic E-state index is 13.5. The van der Waals surface area contributed by atoms with Crippen molar-refractivity contribution in [3.8, 4) is 5.69 Å². The standard InChI is InChI=1S/C28H36N8O6/c1-16(2)12-20-28-34-21(13-42-28)25(39)29-11-7-6-9-19(26(40)35-23(17(3)37)27(41)33-20)32-24(38)18-8-4-5-10-22(18)36-14-30-31-15-36/h4-5,8,10,13-17,19-20,23,37H,6-7,9,11-12H2,1-3H3,(H,29,39)(H,32,38)(H,33,41)(H,35,40)/t17-,19+,20+,23+/m1/s1. The molecule has 14 heteroatoms. The molecule has 0 fully saturated rings. The van der Waals surface area contributed by atoms with Crippen molar-refractivity contribution < 1.29 is 28.7 Å². The molecule has 0 spiro atoms. The third kappa shape index (κ3) is 7.57. The average Bonchev–Trinajstić information content (AvgIpc) is 3.67. The number of hydrogen-bond acceptors (Lipinski definition) is 9. The maximum Gasteiger partial charge on any atom is 0.273 e. The summed E-state index contributed by atoms with van der Waals surface area (Å²) in [6.45, 7) is 5.59. The van der Waals surface area contributed by atoms with Crippen LogP contribution in [0.5, 0.6) is 0 Å². The van der Waals surface area contributed by atoms with Gasteiger partial charge < -0.3 is 30.8 Å². The first-order valence-corrected chi connectivity index (χ1v) is 13.9. The van der Waals surface area contributed by atoms with Crippen molar-refractivity contribution >= 4 is 23.6 Å². The largest absolute Gasteiger partial charge is 0.446 e. The fraction of sp³-hybridized carbons (Fsp3) is 0.464. The summed E-state index contributed by atoms with van der Waals surface area (Å²) in [6.07, 6.45) is 4.48.